The maximum absolute atomic E-state index is 14.7. The maximum Gasteiger partial charge on any atom is 0.414 e. The van der Waals surface area contributed by atoms with Gasteiger partial charge in [-0.05, 0) is 18.6 Å². The minimum atomic E-state index is -1.48. The van der Waals surface area contributed by atoms with Gasteiger partial charge in [0.2, 0.25) is 5.91 Å². The van der Waals surface area contributed by atoms with Crippen molar-refractivity contribution < 1.29 is 32.6 Å². The number of aliphatic hydroxyl groups is 1. The van der Waals surface area contributed by atoms with Gasteiger partial charge in [0, 0.05) is 30.8 Å². The van der Waals surface area contributed by atoms with Crippen LogP contribution >= 0.6 is 0 Å². The lowest BCUT2D eigenvalue weighted by atomic mass is 10.0. The number of ether oxygens (including phenoxy) is 1. The van der Waals surface area contributed by atoms with Crippen LogP contribution in [0.4, 0.5) is 29.5 Å². The molecule has 0 unspecified atom stereocenters. The second kappa shape index (κ2) is 7.36. The molecule has 2 aromatic rings. The molecular formula is C19H16F3N3O4. The Balaban J connectivity index is 1.68. The molecule has 1 atom stereocenters. The molecule has 2 aliphatic rings. The predicted molar refractivity (Wildman–Crippen MR) is 95.8 cm³/mol. The summed E-state index contributed by atoms with van der Waals surface area (Å²) >= 11 is 0. The summed E-state index contributed by atoms with van der Waals surface area (Å²) in [6, 6.07) is 3.49. The summed E-state index contributed by atoms with van der Waals surface area (Å²) in [7, 11) is 0. The van der Waals surface area contributed by atoms with Crippen molar-refractivity contribution in [3.8, 4) is 11.1 Å². The average Bonchev–Trinajstić information content (AvgIpc) is 3.30. The topological polar surface area (TPSA) is 83.0 Å². The molecule has 29 heavy (non-hydrogen) atoms. The number of cyclic esters (lactones) is 1. The Morgan fingerprint density at radius 1 is 1.17 bits per heavy atom. The number of benzene rings is 1. The molecule has 0 bridgehead atoms. The fourth-order valence-corrected chi connectivity index (χ4v) is 3.44. The van der Waals surface area contributed by atoms with Crippen molar-refractivity contribution >= 4 is 23.5 Å². The molecule has 0 radical (unpaired) electrons. The van der Waals surface area contributed by atoms with Crippen LogP contribution in [0.2, 0.25) is 0 Å². The van der Waals surface area contributed by atoms with Crippen molar-refractivity contribution in [2.45, 2.75) is 18.9 Å². The molecule has 7 nitrogen and oxygen atoms in total. The van der Waals surface area contributed by atoms with Crippen molar-refractivity contribution in [1.82, 2.24) is 4.98 Å². The molecule has 4 rings (SSSR count). The Labute approximate surface area is 163 Å². The van der Waals surface area contributed by atoms with E-state index in [-0.39, 0.29) is 18.0 Å². The number of rotatable bonds is 4. The van der Waals surface area contributed by atoms with Crippen LogP contribution in [0.3, 0.4) is 0 Å². The van der Waals surface area contributed by atoms with E-state index in [1.165, 1.54) is 17.0 Å². The van der Waals surface area contributed by atoms with Crippen molar-refractivity contribution in [2.24, 2.45) is 0 Å². The first-order chi connectivity index (χ1) is 13.9. The van der Waals surface area contributed by atoms with Crippen LogP contribution in [0.1, 0.15) is 12.8 Å². The third-order valence-electron chi connectivity index (χ3n) is 4.89. The molecule has 0 saturated carbocycles. The molecule has 1 N–H and O–H groups in total. The number of carbonyl (C=O) groups excluding carboxylic acids is 2. The fraction of sp³-hybridized carbons (Fsp3) is 0.316. The number of aromatic nitrogens is 1. The van der Waals surface area contributed by atoms with E-state index in [1.807, 2.05) is 0 Å². The number of pyridine rings is 1. The van der Waals surface area contributed by atoms with E-state index in [0.717, 1.165) is 11.1 Å². The molecule has 152 valence electrons. The number of hydrogen-bond acceptors (Lipinski definition) is 5. The molecule has 0 spiro atoms. The highest BCUT2D eigenvalue weighted by atomic mass is 19.2. The highest BCUT2D eigenvalue weighted by Crippen LogP contribution is 2.35. The summed E-state index contributed by atoms with van der Waals surface area (Å²) in [5, 5.41) is 9.06. The number of anilines is 2. The van der Waals surface area contributed by atoms with Crippen molar-refractivity contribution in [3.05, 3.63) is 41.8 Å². The van der Waals surface area contributed by atoms with Crippen LogP contribution in [0.25, 0.3) is 11.1 Å². The lowest BCUT2D eigenvalue weighted by Crippen LogP contribution is -2.27. The number of carbonyl (C=O) groups is 2. The lowest BCUT2D eigenvalue weighted by Gasteiger charge is -2.17. The first-order valence-corrected chi connectivity index (χ1v) is 8.94. The lowest BCUT2D eigenvalue weighted by molar-refractivity contribution is -0.117. The highest BCUT2D eigenvalue weighted by molar-refractivity contribution is 5.94. The molecule has 2 aliphatic heterocycles. The summed E-state index contributed by atoms with van der Waals surface area (Å²) in [4.78, 5) is 29.8. The first-order valence-electron chi connectivity index (χ1n) is 8.94. The monoisotopic (exact) mass is 407 g/mol. The molecular weight excluding hydrogens is 391 g/mol. The van der Waals surface area contributed by atoms with Gasteiger partial charge < -0.3 is 9.84 Å². The number of amides is 2. The van der Waals surface area contributed by atoms with Crippen LogP contribution < -0.4 is 9.80 Å². The van der Waals surface area contributed by atoms with E-state index >= 15 is 0 Å². The molecule has 1 aromatic heterocycles. The fourth-order valence-electron chi connectivity index (χ4n) is 3.44. The Morgan fingerprint density at radius 3 is 2.55 bits per heavy atom. The van der Waals surface area contributed by atoms with Crippen LogP contribution in [0.5, 0.6) is 0 Å². The predicted octanol–water partition coefficient (Wildman–Crippen LogP) is 2.61. The molecule has 2 fully saturated rings. The van der Waals surface area contributed by atoms with Crippen LogP contribution in [-0.2, 0) is 9.53 Å². The van der Waals surface area contributed by atoms with Gasteiger partial charge >= 0.3 is 6.09 Å². The highest BCUT2D eigenvalue weighted by Gasteiger charge is 2.35. The second-order valence-electron chi connectivity index (χ2n) is 6.73. The van der Waals surface area contributed by atoms with Crippen molar-refractivity contribution in [3.63, 3.8) is 0 Å². The average molecular weight is 407 g/mol. The van der Waals surface area contributed by atoms with E-state index in [9.17, 15) is 22.8 Å². The molecule has 2 saturated heterocycles. The zero-order valence-corrected chi connectivity index (χ0v) is 15.1. The number of halogens is 3. The van der Waals surface area contributed by atoms with E-state index in [4.69, 9.17) is 9.84 Å². The van der Waals surface area contributed by atoms with Gasteiger partial charge in [-0.2, -0.15) is 0 Å². The Kier molecular flexibility index (Phi) is 4.87. The molecule has 1 aromatic carbocycles. The van der Waals surface area contributed by atoms with Gasteiger partial charge in [-0.15, -0.1) is 0 Å². The molecule has 10 heteroatoms. The van der Waals surface area contributed by atoms with Crippen LogP contribution in [0.15, 0.2) is 24.4 Å². The maximum atomic E-state index is 14.7. The third-order valence-corrected chi connectivity index (χ3v) is 4.89. The third kappa shape index (κ3) is 3.29. The zero-order valence-electron chi connectivity index (χ0n) is 15.1. The SMILES string of the molecule is O=C1CCCN1c1ccc(-c2c(F)cc(N3C[C@H](CO)OC3=O)c(F)c2F)cn1. The van der Waals surface area contributed by atoms with Gasteiger partial charge in [0.1, 0.15) is 17.7 Å². The standard InChI is InChI=1S/C19H16F3N3O4/c20-12-6-13(25-8-11(9-26)29-19(25)28)17(21)18(22)16(12)10-3-4-14(23-7-10)24-5-1-2-15(24)27/h3-4,6-7,11,26H,1-2,5,8-9H2/t11-/m1/s1. The van der Waals surface area contributed by atoms with E-state index in [0.29, 0.717) is 31.3 Å². The number of nitrogens with zero attached hydrogens (tertiary/aromatic N) is 3. The van der Waals surface area contributed by atoms with Gasteiger partial charge in [-0.3, -0.25) is 14.6 Å². The summed E-state index contributed by atoms with van der Waals surface area (Å²) in [5.41, 5.74) is -1.26. The normalized spacial score (nSPS) is 19.2. The van der Waals surface area contributed by atoms with Gasteiger partial charge in [0.15, 0.2) is 11.6 Å². The van der Waals surface area contributed by atoms with Gasteiger partial charge in [-0.1, -0.05) is 0 Å². The number of hydrogen-bond donors (Lipinski definition) is 1. The van der Waals surface area contributed by atoms with Gasteiger partial charge in [0.25, 0.3) is 0 Å². The summed E-state index contributed by atoms with van der Waals surface area (Å²) in [6.07, 6.45) is 0.366. The minimum Gasteiger partial charge on any atom is -0.441 e. The second-order valence-corrected chi connectivity index (χ2v) is 6.73. The van der Waals surface area contributed by atoms with E-state index in [1.54, 1.807) is 0 Å². The quantitative estimate of drug-likeness (QED) is 0.788. The van der Waals surface area contributed by atoms with Crippen molar-refractivity contribution in [1.29, 1.82) is 0 Å². The first kappa shape index (κ1) is 19.2. The summed E-state index contributed by atoms with van der Waals surface area (Å²) in [5.74, 6) is -3.73. The Morgan fingerprint density at radius 2 is 1.97 bits per heavy atom. The molecule has 3 heterocycles. The Hall–Kier alpha value is -3.14. The smallest absolute Gasteiger partial charge is 0.414 e. The largest absolute Gasteiger partial charge is 0.441 e. The number of aliphatic hydroxyl groups excluding tert-OH is 1. The summed E-state index contributed by atoms with van der Waals surface area (Å²) < 4.78 is 48.8. The molecule has 0 aliphatic carbocycles. The van der Waals surface area contributed by atoms with Crippen LogP contribution in [0, 0.1) is 17.5 Å². The van der Waals surface area contributed by atoms with Crippen molar-refractivity contribution in [2.75, 3.05) is 29.5 Å². The van der Waals surface area contributed by atoms with Crippen LogP contribution in [-0.4, -0.2) is 47.9 Å². The van der Waals surface area contributed by atoms with E-state index < -0.39 is 47.5 Å². The van der Waals surface area contributed by atoms with E-state index in [2.05, 4.69) is 4.98 Å². The zero-order chi connectivity index (χ0) is 20.7. The van der Waals surface area contributed by atoms with Gasteiger partial charge in [-0.25, -0.2) is 22.9 Å². The minimum absolute atomic E-state index is 0.0157. The van der Waals surface area contributed by atoms with Gasteiger partial charge in [0.05, 0.1) is 24.4 Å². The summed E-state index contributed by atoms with van der Waals surface area (Å²) in [6.45, 7) is -0.215. The molecule has 2 amide bonds. The Bertz CT molecular complexity index is 984.